The molecular formula is C15H19N3OS2. The summed E-state index contributed by atoms with van der Waals surface area (Å²) in [5, 5.41) is 12.3. The number of carbonyl (C=O) groups is 1. The molecule has 1 atom stereocenters. The number of thioether (sulfide) groups is 1. The van der Waals surface area contributed by atoms with Crippen molar-refractivity contribution >= 4 is 34.1 Å². The van der Waals surface area contributed by atoms with Gasteiger partial charge in [-0.3, -0.25) is 10.1 Å². The van der Waals surface area contributed by atoms with Crippen LogP contribution in [0.4, 0.5) is 5.13 Å². The number of benzene rings is 1. The van der Waals surface area contributed by atoms with Gasteiger partial charge in [0.15, 0.2) is 0 Å². The molecule has 0 unspecified atom stereocenters. The summed E-state index contributed by atoms with van der Waals surface area (Å²) < 4.78 is 0. The van der Waals surface area contributed by atoms with Crippen LogP contribution in [0.15, 0.2) is 29.2 Å². The first-order chi connectivity index (χ1) is 10.1. The molecule has 1 aromatic heterocycles. The van der Waals surface area contributed by atoms with E-state index in [0.717, 1.165) is 22.7 Å². The highest BCUT2D eigenvalue weighted by atomic mass is 32.2. The molecule has 0 aliphatic carbocycles. The third kappa shape index (κ3) is 4.54. The van der Waals surface area contributed by atoms with Crippen LogP contribution in [-0.2, 0) is 11.2 Å². The molecule has 1 heterocycles. The molecule has 0 spiro atoms. The number of aryl methyl sites for hydroxylation is 2. The minimum absolute atomic E-state index is 0.0121. The predicted octanol–water partition coefficient (Wildman–Crippen LogP) is 3.92. The molecule has 0 bridgehead atoms. The quantitative estimate of drug-likeness (QED) is 0.819. The van der Waals surface area contributed by atoms with Crippen LogP contribution in [0.2, 0.25) is 0 Å². The second-order valence-electron chi connectivity index (χ2n) is 4.67. The van der Waals surface area contributed by atoms with Gasteiger partial charge in [0.2, 0.25) is 11.0 Å². The molecule has 2 aromatic rings. The van der Waals surface area contributed by atoms with E-state index in [1.807, 2.05) is 13.8 Å². The van der Waals surface area contributed by atoms with Crippen molar-refractivity contribution in [1.29, 1.82) is 0 Å². The Bertz CT molecular complexity index is 595. The standard InChI is InChI=1S/C15H19N3OS2/c1-4-12(20-11-8-6-10(3)7-9-11)14(19)16-15-18-17-13(5-2)21-15/h6-9,12H,4-5H2,1-3H3,(H,16,18,19)/t12-/m1/s1. The van der Waals surface area contributed by atoms with Crippen molar-refractivity contribution in [3.63, 3.8) is 0 Å². The Labute approximate surface area is 133 Å². The van der Waals surface area contributed by atoms with Gasteiger partial charge < -0.3 is 0 Å². The Morgan fingerprint density at radius 3 is 2.57 bits per heavy atom. The molecule has 112 valence electrons. The molecular weight excluding hydrogens is 302 g/mol. The number of hydrogen-bond donors (Lipinski definition) is 1. The van der Waals surface area contributed by atoms with Crippen LogP contribution < -0.4 is 5.32 Å². The lowest BCUT2D eigenvalue weighted by Gasteiger charge is -2.13. The average Bonchev–Trinajstić information content (AvgIpc) is 2.94. The van der Waals surface area contributed by atoms with Gasteiger partial charge in [-0.15, -0.1) is 22.0 Å². The van der Waals surface area contributed by atoms with E-state index in [4.69, 9.17) is 0 Å². The van der Waals surface area contributed by atoms with Crippen LogP contribution in [0.25, 0.3) is 0 Å². The fraction of sp³-hybridized carbons (Fsp3) is 0.400. The monoisotopic (exact) mass is 321 g/mol. The van der Waals surface area contributed by atoms with E-state index in [1.54, 1.807) is 11.8 Å². The van der Waals surface area contributed by atoms with E-state index >= 15 is 0 Å². The number of aromatic nitrogens is 2. The van der Waals surface area contributed by atoms with Gasteiger partial charge in [-0.2, -0.15) is 0 Å². The number of hydrogen-bond acceptors (Lipinski definition) is 5. The van der Waals surface area contributed by atoms with Crippen LogP contribution in [0, 0.1) is 6.92 Å². The van der Waals surface area contributed by atoms with Crippen LogP contribution in [-0.4, -0.2) is 21.4 Å². The van der Waals surface area contributed by atoms with Crippen molar-refractivity contribution in [2.24, 2.45) is 0 Å². The molecule has 4 nitrogen and oxygen atoms in total. The lowest BCUT2D eigenvalue weighted by molar-refractivity contribution is -0.115. The smallest absolute Gasteiger partial charge is 0.239 e. The van der Waals surface area contributed by atoms with E-state index in [2.05, 4.69) is 46.7 Å². The summed E-state index contributed by atoms with van der Waals surface area (Å²) in [7, 11) is 0. The number of rotatable bonds is 6. The maximum Gasteiger partial charge on any atom is 0.239 e. The molecule has 0 aliphatic heterocycles. The molecule has 1 N–H and O–H groups in total. The zero-order valence-corrected chi connectivity index (χ0v) is 14.1. The van der Waals surface area contributed by atoms with Gasteiger partial charge in [0, 0.05) is 4.90 Å². The zero-order chi connectivity index (χ0) is 15.2. The highest BCUT2D eigenvalue weighted by Gasteiger charge is 2.19. The van der Waals surface area contributed by atoms with Gasteiger partial charge in [0.05, 0.1) is 5.25 Å². The Morgan fingerprint density at radius 2 is 2.00 bits per heavy atom. The van der Waals surface area contributed by atoms with Crippen LogP contribution in [0.1, 0.15) is 30.8 Å². The van der Waals surface area contributed by atoms with Crippen molar-refractivity contribution in [2.75, 3.05) is 5.32 Å². The molecule has 0 aliphatic rings. The number of carbonyl (C=O) groups excluding carboxylic acids is 1. The number of amides is 1. The zero-order valence-electron chi connectivity index (χ0n) is 12.4. The second-order valence-corrected chi connectivity index (χ2v) is 7.01. The van der Waals surface area contributed by atoms with Crippen molar-refractivity contribution in [3.8, 4) is 0 Å². The number of nitrogens with zero attached hydrogens (tertiary/aromatic N) is 2. The summed E-state index contributed by atoms with van der Waals surface area (Å²) in [6.45, 7) is 6.09. The molecule has 21 heavy (non-hydrogen) atoms. The van der Waals surface area contributed by atoms with Gasteiger partial charge >= 0.3 is 0 Å². The van der Waals surface area contributed by atoms with Gasteiger partial charge in [-0.05, 0) is 31.9 Å². The number of nitrogens with one attached hydrogen (secondary N) is 1. The second kappa shape index (κ2) is 7.56. The maximum absolute atomic E-state index is 12.3. The molecule has 6 heteroatoms. The Hall–Kier alpha value is -1.40. The first kappa shape index (κ1) is 16.0. The van der Waals surface area contributed by atoms with Gasteiger partial charge in [-0.1, -0.05) is 42.9 Å². The Morgan fingerprint density at radius 1 is 1.29 bits per heavy atom. The summed E-state index contributed by atoms with van der Waals surface area (Å²) in [5.74, 6) is -0.0121. The van der Waals surface area contributed by atoms with Crippen molar-refractivity contribution in [3.05, 3.63) is 34.8 Å². The van der Waals surface area contributed by atoms with E-state index in [9.17, 15) is 4.79 Å². The molecule has 1 aromatic carbocycles. The van der Waals surface area contributed by atoms with Crippen LogP contribution in [0.5, 0.6) is 0 Å². The van der Waals surface area contributed by atoms with Gasteiger partial charge in [0.1, 0.15) is 5.01 Å². The summed E-state index contributed by atoms with van der Waals surface area (Å²) in [6, 6.07) is 8.22. The van der Waals surface area contributed by atoms with E-state index in [-0.39, 0.29) is 11.2 Å². The SMILES string of the molecule is CCc1nnc(NC(=O)[C@@H](CC)Sc2ccc(C)cc2)s1. The largest absolute Gasteiger partial charge is 0.300 e. The van der Waals surface area contributed by atoms with E-state index in [1.165, 1.54) is 16.9 Å². The summed E-state index contributed by atoms with van der Waals surface area (Å²) >= 11 is 3.02. The van der Waals surface area contributed by atoms with Crippen LogP contribution >= 0.6 is 23.1 Å². The van der Waals surface area contributed by atoms with Crippen molar-refractivity contribution in [1.82, 2.24) is 10.2 Å². The van der Waals surface area contributed by atoms with Crippen molar-refractivity contribution < 1.29 is 4.79 Å². The topological polar surface area (TPSA) is 54.9 Å². The third-order valence-electron chi connectivity index (χ3n) is 2.96. The summed E-state index contributed by atoms with van der Waals surface area (Å²) in [6.07, 6.45) is 1.60. The summed E-state index contributed by atoms with van der Waals surface area (Å²) in [4.78, 5) is 13.4. The van der Waals surface area contributed by atoms with E-state index in [0.29, 0.717) is 5.13 Å². The van der Waals surface area contributed by atoms with Crippen LogP contribution in [0.3, 0.4) is 0 Å². The predicted molar refractivity (Wildman–Crippen MR) is 89.0 cm³/mol. The lowest BCUT2D eigenvalue weighted by Crippen LogP contribution is -2.24. The van der Waals surface area contributed by atoms with Crippen molar-refractivity contribution in [2.45, 2.75) is 43.8 Å². The third-order valence-corrected chi connectivity index (χ3v) is 5.32. The highest BCUT2D eigenvalue weighted by Crippen LogP contribution is 2.27. The molecule has 0 radical (unpaired) electrons. The average molecular weight is 321 g/mol. The van der Waals surface area contributed by atoms with E-state index < -0.39 is 0 Å². The fourth-order valence-electron chi connectivity index (χ4n) is 1.74. The number of anilines is 1. The lowest BCUT2D eigenvalue weighted by atomic mass is 10.2. The Balaban J connectivity index is 1.99. The highest BCUT2D eigenvalue weighted by molar-refractivity contribution is 8.00. The molecule has 2 rings (SSSR count). The minimum Gasteiger partial charge on any atom is -0.300 e. The normalized spacial score (nSPS) is 12.1. The first-order valence-electron chi connectivity index (χ1n) is 6.99. The first-order valence-corrected chi connectivity index (χ1v) is 8.68. The Kier molecular flexibility index (Phi) is 5.76. The molecule has 1 amide bonds. The minimum atomic E-state index is -0.123. The van der Waals surface area contributed by atoms with Gasteiger partial charge in [0.25, 0.3) is 0 Å². The fourth-order valence-corrected chi connectivity index (χ4v) is 3.37. The molecule has 0 fully saturated rings. The maximum atomic E-state index is 12.3. The van der Waals surface area contributed by atoms with Gasteiger partial charge in [-0.25, -0.2) is 0 Å². The molecule has 0 saturated carbocycles. The molecule has 0 saturated heterocycles. The summed E-state index contributed by atoms with van der Waals surface area (Å²) in [5.41, 5.74) is 1.22.